The number of amides is 1. The van der Waals surface area contributed by atoms with Crippen LogP contribution in [0.2, 0.25) is 0 Å². The first-order valence-electron chi connectivity index (χ1n) is 6.89. The van der Waals surface area contributed by atoms with Gasteiger partial charge >= 0.3 is 6.36 Å². The predicted molar refractivity (Wildman–Crippen MR) is 83.9 cm³/mol. The maximum atomic E-state index is 12.1. The van der Waals surface area contributed by atoms with Gasteiger partial charge in [0.2, 0.25) is 11.1 Å². The zero-order chi connectivity index (χ0) is 18.7. The van der Waals surface area contributed by atoms with Crippen molar-refractivity contribution >= 4 is 29.1 Å². The second-order valence-corrected chi connectivity index (χ2v) is 5.70. The Morgan fingerprint density at radius 1 is 1.27 bits per heavy atom. The predicted octanol–water partition coefficient (Wildman–Crippen LogP) is 1.44. The third-order valence-corrected chi connectivity index (χ3v) is 3.76. The molecule has 0 aliphatic rings. The molecule has 0 radical (unpaired) electrons. The van der Waals surface area contributed by atoms with E-state index in [-0.39, 0.29) is 17.3 Å². The van der Waals surface area contributed by atoms with Crippen LogP contribution in [0.25, 0.3) is 5.78 Å². The Kier molecular flexibility index (Phi) is 4.79. The van der Waals surface area contributed by atoms with Crippen molar-refractivity contribution in [2.24, 2.45) is 0 Å². The van der Waals surface area contributed by atoms with E-state index in [9.17, 15) is 22.8 Å². The van der Waals surface area contributed by atoms with Crippen molar-refractivity contribution in [2.45, 2.75) is 11.5 Å². The van der Waals surface area contributed by atoms with Crippen LogP contribution in [-0.2, 0) is 4.79 Å². The molecule has 0 fully saturated rings. The Labute approximate surface area is 146 Å². The number of hydrogen-bond acceptors (Lipinski definition) is 7. The number of anilines is 1. The van der Waals surface area contributed by atoms with E-state index in [0.717, 1.165) is 30.1 Å². The standard InChI is InChI=1S/C13H9F3N6O3S/c14-13(15,16)25-8-3-1-7(2-4-8)18-10(24)6-26-12-21-20-11-19-9(23)5-17-22(11)12/h1-5H,6H2,(H,18,24)(H,19,20,23). The highest BCUT2D eigenvalue weighted by atomic mass is 32.2. The number of H-pyrrole nitrogens is 1. The minimum Gasteiger partial charge on any atom is -0.406 e. The van der Waals surface area contributed by atoms with Crippen LogP contribution in [0.5, 0.6) is 5.75 Å². The summed E-state index contributed by atoms with van der Waals surface area (Å²) in [6.07, 6.45) is -3.73. The maximum Gasteiger partial charge on any atom is 0.573 e. The van der Waals surface area contributed by atoms with E-state index in [1.807, 2.05) is 0 Å². The van der Waals surface area contributed by atoms with Gasteiger partial charge in [0.05, 0.1) is 5.75 Å². The van der Waals surface area contributed by atoms with Gasteiger partial charge in [0.1, 0.15) is 11.9 Å². The van der Waals surface area contributed by atoms with Crippen LogP contribution in [0.3, 0.4) is 0 Å². The van der Waals surface area contributed by atoms with E-state index in [1.165, 1.54) is 16.6 Å². The fraction of sp³-hybridized carbons (Fsp3) is 0.154. The number of nitrogens with one attached hydrogen (secondary N) is 2. The summed E-state index contributed by atoms with van der Waals surface area (Å²) < 4.78 is 41.3. The number of aromatic amines is 1. The van der Waals surface area contributed by atoms with Gasteiger partial charge in [0.25, 0.3) is 11.3 Å². The van der Waals surface area contributed by atoms with E-state index in [4.69, 9.17) is 0 Å². The summed E-state index contributed by atoms with van der Waals surface area (Å²) in [5.41, 5.74) is -0.129. The molecule has 26 heavy (non-hydrogen) atoms. The molecule has 3 aromatic rings. The number of carbonyl (C=O) groups excluding carboxylic acids is 1. The number of rotatable bonds is 5. The first-order chi connectivity index (χ1) is 12.3. The second kappa shape index (κ2) is 7.03. The zero-order valence-corrected chi connectivity index (χ0v) is 13.5. The number of carbonyl (C=O) groups is 1. The SMILES string of the molecule is O=C(CSc1nnc2[nH]c(=O)cnn12)Nc1ccc(OC(F)(F)F)cc1. The fourth-order valence-corrected chi connectivity index (χ4v) is 2.54. The molecule has 13 heteroatoms. The average Bonchev–Trinajstić information content (AvgIpc) is 2.95. The highest BCUT2D eigenvalue weighted by molar-refractivity contribution is 7.99. The molecular weight excluding hydrogens is 377 g/mol. The van der Waals surface area contributed by atoms with E-state index in [2.05, 4.69) is 30.3 Å². The Bertz CT molecular complexity index is 985. The molecule has 1 aromatic carbocycles. The molecular formula is C13H9F3N6O3S. The Morgan fingerprint density at radius 2 is 2.00 bits per heavy atom. The molecule has 0 aliphatic heterocycles. The summed E-state index contributed by atoms with van der Waals surface area (Å²) in [5, 5.41) is 14.2. The number of alkyl halides is 3. The van der Waals surface area contributed by atoms with Crippen LogP contribution < -0.4 is 15.6 Å². The summed E-state index contributed by atoms with van der Waals surface area (Å²) in [7, 11) is 0. The lowest BCUT2D eigenvalue weighted by molar-refractivity contribution is -0.274. The van der Waals surface area contributed by atoms with Crippen molar-refractivity contribution < 1.29 is 22.7 Å². The lowest BCUT2D eigenvalue weighted by Gasteiger charge is -2.09. The van der Waals surface area contributed by atoms with Crippen molar-refractivity contribution in [3.63, 3.8) is 0 Å². The first-order valence-corrected chi connectivity index (χ1v) is 7.88. The number of aromatic nitrogens is 5. The molecule has 0 spiro atoms. The molecule has 0 unspecified atom stereocenters. The van der Waals surface area contributed by atoms with E-state index < -0.39 is 17.8 Å². The normalized spacial score (nSPS) is 11.5. The van der Waals surface area contributed by atoms with Crippen molar-refractivity contribution in [3.05, 3.63) is 40.8 Å². The number of fused-ring (bicyclic) bond motifs is 1. The van der Waals surface area contributed by atoms with Gasteiger partial charge in [0, 0.05) is 5.69 Å². The van der Waals surface area contributed by atoms with Crippen LogP contribution in [-0.4, -0.2) is 42.8 Å². The number of benzene rings is 1. The van der Waals surface area contributed by atoms with Crippen LogP contribution in [0, 0.1) is 0 Å². The second-order valence-electron chi connectivity index (χ2n) is 4.76. The molecule has 2 heterocycles. The number of hydrogen-bond donors (Lipinski definition) is 2. The van der Waals surface area contributed by atoms with E-state index in [1.54, 1.807) is 0 Å². The lowest BCUT2D eigenvalue weighted by Crippen LogP contribution is -2.17. The summed E-state index contributed by atoms with van der Waals surface area (Å²) in [4.78, 5) is 25.5. The van der Waals surface area contributed by atoms with Gasteiger partial charge < -0.3 is 10.1 Å². The summed E-state index contributed by atoms with van der Waals surface area (Å²) in [6, 6.07) is 4.73. The Morgan fingerprint density at radius 3 is 2.69 bits per heavy atom. The van der Waals surface area contributed by atoms with Gasteiger partial charge in [-0.3, -0.25) is 14.6 Å². The topological polar surface area (TPSA) is 114 Å². The van der Waals surface area contributed by atoms with Gasteiger partial charge in [-0.05, 0) is 24.3 Å². The van der Waals surface area contributed by atoms with Gasteiger partial charge in [-0.25, -0.2) is 0 Å². The van der Waals surface area contributed by atoms with Crippen LogP contribution in [0.1, 0.15) is 0 Å². The van der Waals surface area contributed by atoms with Crippen molar-refractivity contribution in [1.82, 2.24) is 24.8 Å². The molecule has 0 saturated heterocycles. The number of nitrogens with zero attached hydrogens (tertiary/aromatic N) is 4. The monoisotopic (exact) mass is 386 g/mol. The summed E-state index contributed by atoms with van der Waals surface area (Å²) in [6.45, 7) is 0. The molecule has 1 amide bonds. The van der Waals surface area contributed by atoms with E-state index >= 15 is 0 Å². The molecule has 0 atom stereocenters. The third kappa shape index (κ3) is 4.50. The molecule has 2 N–H and O–H groups in total. The minimum absolute atomic E-state index is 0.0532. The molecule has 0 bridgehead atoms. The van der Waals surface area contributed by atoms with Gasteiger partial charge in [-0.15, -0.1) is 23.4 Å². The first kappa shape index (κ1) is 17.7. The highest BCUT2D eigenvalue weighted by Crippen LogP contribution is 2.24. The van der Waals surface area contributed by atoms with Gasteiger partial charge in [-0.2, -0.15) is 9.61 Å². The van der Waals surface area contributed by atoms with Crippen molar-refractivity contribution in [3.8, 4) is 5.75 Å². The average molecular weight is 386 g/mol. The smallest absolute Gasteiger partial charge is 0.406 e. The van der Waals surface area contributed by atoms with Gasteiger partial charge in [0.15, 0.2) is 0 Å². The molecule has 3 rings (SSSR count). The molecule has 0 saturated carbocycles. The summed E-state index contributed by atoms with van der Waals surface area (Å²) >= 11 is 1.02. The molecule has 136 valence electrons. The Hall–Kier alpha value is -3.09. The Balaban J connectivity index is 1.57. The zero-order valence-electron chi connectivity index (χ0n) is 12.6. The molecule has 9 nitrogen and oxygen atoms in total. The van der Waals surface area contributed by atoms with Crippen LogP contribution in [0.4, 0.5) is 18.9 Å². The number of ether oxygens (including phenoxy) is 1. The fourth-order valence-electron chi connectivity index (χ4n) is 1.86. The van der Waals surface area contributed by atoms with Crippen molar-refractivity contribution in [2.75, 3.05) is 11.1 Å². The number of halogens is 3. The number of thioether (sulfide) groups is 1. The molecule has 2 aromatic heterocycles. The largest absolute Gasteiger partial charge is 0.573 e. The summed E-state index contributed by atoms with van der Waals surface area (Å²) in [5.74, 6) is -0.719. The highest BCUT2D eigenvalue weighted by Gasteiger charge is 2.30. The lowest BCUT2D eigenvalue weighted by atomic mass is 10.3. The van der Waals surface area contributed by atoms with Crippen LogP contribution >= 0.6 is 11.8 Å². The van der Waals surface area contributed by atoms with Gasteiger partial charge in [-0.1, -0.05) is 11.8 Å². The maximum absolute atomic E-state index is 12.1. The quantitative estimate of drug-likeness (QED) is 0.638. The van der Waals surface area contributed by atoms with Crippen molar-refractivity contribution in [1.29, 1.82) is 0 Å². The van der Waals surface area contributed by atoms with Crippen LogP contribution in [0.15, 0.2) is 40.4 Å². The third-order valence-electron chi connectivity index (χ3n) is 2.84. The van der Waals surface area contributed by atoms with E-state index in [0.29, 0.717) is 10.8 Å². The molecule has 0 aliphatic carbocycles. The minimum atomic E-state index is -4.78.